The molecule has 28 heavy (non-hydrogen) atoms. The number of thiophene rings is 1. The first-order valence-electron chi connectivity index (χ1n) is 8.55. The Morgan fingerprint density at radius 2 is 1.79 bits per heavy atom. The fourth-order valence-corrected chi connectivity index (χ4v) is 3.43. The highest BCUT2D eigenvalue weighted by atomic mass is 79.9. The van der Waals surface area contributed by atoms with Crippen LogP contribution in [0.1, 0.15) is 20.8 Å². The summed E-state index contributed by atoms with van der Waals surface area (Å²) in [4.78, 5) is 25.3. The van der Waals surface area contributed by atoms with E-state index in [0.29, 0.717) is 18.9 Å². The maximum Gasteiger partial charge on any atom is 0.342 e. The Labute approximate surface area is 175 Å². The van der Waals surface area contributed by atoms with Gasteiger partial charge >= 0.3 is 5.97 Å². The van der Waals surface area contributed by atoms with Gasteiger partial charge in [-0.15, -0.1) is 11.3 Å². The molecule has 0 unspecified atom stereocenters. The van der Waals surface area contributed by atoms with E-state index in [0.717, 1.165) is 14.9 Å². The first-order valence-corrected chi connectivity index (χ1v) is 10.2. The van der Waals surface area contributed by atoms with Crippen LogP contribution >= 0.6 is 27.3 Å². The number of hydrogen-bond acceptors (Lipinski definition) is 5. The van der Waals surface area contributed by atoms with Gasteiger partial charge in [-0.2, -0.15) is 0 Å². The van der Waals surface area contributed by atoms with E-state index >= 15 is 0 Å². The van der Waals surface area contributed by atoms with Gasteiger partial charge in [-0.3, -0.25) is 4.79 Å². The lowest BCUT2D eigenvalue weighted by molar-refractivity contribution is -0.124. The monoisotopic (exact) mass is 459 g/mol. The summed E-state index contributed by atoms with van der Waals surface area (Å²) in [6, 6.07) is 18.3. The smallest absolute Gasteiger partial charge is 0.342 e. The first-order chi connectivity index (χ1) is 13.6. The second kappa shape index (κ2) is 10.1. The average molecular weight is 460 g/mol. The Morgan fingerprint density at radius 1 is 1.00 bits per heavy atom. The Kier molecular flexibility index (Phi) is 7.22. The van der Waals surface area contributed by atoms with Crippen molar-refractivity contribution in [2.45, 2.75) is 13.2 Å². The molecular formula is C21H18BrNO4S. The minimum Gasteiger partial charge on any atom is -0.488 e. The molecule has 0 bridgehead atoms. The third-order valence-corrected chi connectivity index (χ3v) is 5.47. The summed E-state index contributed by atoms with van der Waals surface area (Å²) in [6.45, 7) is 0.371. The van der Waals surface area contributed by atoms with Gasteiger partial charge in [0.25, 0.3) is 5.91 Å². The second-order valence-corrected chi connectivity index (χ2v) is 7.70. The summed E-state index contributed by atoms with van der Waals surface area (Å²) in [5.41, 5.74) is 1.24. The van der Waals surface area contributed by atoms with Crippen molar-refractivity contribution in [3.8, 4) is 5.75 Å². The lowest BCUT2D eigenvalue weighted by Gasteiger charge is -2.12. The SMILES string of the molecule is O=C(COC(=O)c1ccccc1OCc1ccccc1Br)NCc1cccs1. The summed E-state index contributed by atoms with van der Waals surface area (Å²) in [5, 5.41) is 4.65. The largest absolute Gasteiger partial charge is 0.488 e. The van der Waals surface area contributed by atoms with E-state index in [4.69, 9.17) is 9.47 Å². The molecule has 3 rings (SSSR count). The summed E-state index contributed by atoms with van der Waals surface area (Å²) in [6.07, 6.45) is 0. The summed E-state index contributed by atoms with van der Waals surface area (Å²) < 4.78 is 11.9. The van der Waals surface area contributed by atoms with Crippen molar-refractivity contribution in [2.75, 3.05) is 6.61 Å². The highest BCUT2D eigenvalue weighted by Gasteiger charge is 2.15. The Hall–Kier alpha value is -2.64. The van der Waals surface area contributed by atoms with Crippen molar-refractivity contribution < 1.29 is 19.1 Å². The first kappa shape index (κ1) is 20.1. The molecule has 0 aliphatic heterocycles. The molecular weight excluding hydrogens is 442 g/mol. The molecule has 7 heteroatoms. The van der Waals surface area contributed by atoms with Gasteiger partial charge in [-0.05, 0) is 29.6 Å². The molecule has 0 saturated heterocycles. The average Bonchev–Trinajstić information content (AvgIpc) is 3.24. The minimum atomic E-state index is -0.603. The maximum absolute atomic E-state index is 12.4. The van der Waals surface area contributed by atoms with Crippen LogP contribution in [-0.2, 0) is 22.7 Å². The maximum atomic E-state index is 12.4. The molecule has 0 aliphatic carbocycles. The van der Waals surface area contributed by atoms with Crippen molar-refractivity contribution in [3.05, 3.63) is 86.5 Å². The Balaban J connectivity index is 1.54. The number of amides is 1. The van der Waals surface area contributed by atoms with Crippen LogP contribution in [-0.4, -0.2) is 18.5 Å². The standard InChI is InChI=1S/C21H18BrNO4S/c22-18-9-3-1-6-15(18)13-26-19-10-4-2-8-17(19)21(25)27-14-20(24)23-12-16-7-5-11-28-16/h1-11H,12-14H2,(H,23,24). The van der Waals surface area contributed by atoms with Gasteiger partial charge in [0.05, 0.1) is 6.54 Å². The molecule has 3 aromatic rings. The van der Waals surface area contributed by atoms with Crippen molar-refractivity contribution in [2.24, 2.45) is 0 Å². The van der Waals surface area contributed by atoms with Crippen LogP contribution in [0.5, 0.6) is 5.75 Å². The second-order valence-electron chi connectivity index (χ2n) is 5.81. The zero-order valence-electron chi connectivity index (χ0n) is 14.9. The lowest BCUT2D eigenvalue weighted by Crippen LogP contribution is -2.28. The van der Waals surface area contributed by atoms with Crippen molar-refractivity contribution in [1.82, 2.24) is 5.32 Å². The van der Waals surface area contributed by atoms with E-state index in [2.05, 4.69) is 21.2 Å². The number of para-hydroxylation sites is 1. The van der Waals surface area contributed by atoms with E-state index in [1.165, 1.54) is 0 Å². The molecule has 0 atom stereocenters. The van der Waals surface area contributed by atoms with Gasteiger partial charge in [0.1, 0.15) is 17.9 Å². The molecule has 5 nitrogen and oxygen atoms in total. The molecule has 1 amide bonds. The van der Waals surface area contributed by atoms with Crippen LogP contribution in [0.2, 0.25) is 0 Å². The van der Waals surface area contributed by atoms with Gasteiger partial charge in [0.15, 0.2) is 6.61 Å². The molecule has 0 fully saturated rings. The van der Waals surface area contributed by atoms with Gasteiger partial charge in [-0.25, -0.2) is 4.79 Å². The predicted octanol–water partition coefficient (Wildman–Crippen LogP) is 4.56. The molecule has 0 radical (unpaired) electrons. The summed E-state index contributed by atoms with van der Waals surface area (Å²) in [7, 11) is 0. The van der Waals surface area contributed by atoms with E-state index in [1.54, 1.807) is 35.6 Å². The molecule has 2 aromatic carbocycles. The topological polar surface area (TPSA) is 64.6 Å². The number of rotatable bonds is 8. The number of ether oxygens (including phenoxy) is 2. The van der Waals surface area contributed by atoms with Crippen LogP contribution in [0.4, 0.5) is 0 Å². The number of carbonyl (C=O) groups is 2. The highest BCUT2D eigenvalue weighted by molar-refractivity contribution is 9.10. The fourth-order valence-electron chi connectivity index (χ4n) is 2.39. The molecule has 0 aliphatic rings. The molecule has 0 saturated carbocycles. The van der Waals surface area contributed by atoms with E-state index in [9.17, 15) is 9.59 Å². The number of nitrogens with one attached hydrogen (secondary N) is 1. The fraction of sp³-hybridized carbons (Fsp3) is 0.143. The summed E-state index contributed by atoms with van der Waals surface area (Å²) >= 11 is 5.02. The Morgan fingerprint density at radius 3 is 2.57 bits per heavy atom. The van der Waals surface area contributed by atoms with Gasteiger partial charge < -0.3 is 14.8 Å². The Bertz CT molecular complexity index is 943. The minimum absolute atomic E-state index is 0.278. The highest BCUT2D eigenvalue weighted by Crippen LogP contribution is 2.23. The van der Waals surface area contributed by atoms with Gasteiger partial charge in [-0.1, -0.05) is 52.3 Å². The summed E-state index contributed by atoms with van der Waals surface area (Å²) in [5.74, 6) is -0.551. The molecule has 1 aromatic heterocycles. The number of carbonyl (C=O) groups excluding carboxylic acids is 2. The van der Waals surface area contributed by atoms with Gasteiger partial charge in [0.2, 0.25) is 0 Å². The zero-order valence-corrected chi connectivity index (χ0v) is 17.3. The molecule has 1 heterocycles. The van der Waals surface area contributed by atoms with Crippen LogP contribution < -0.4 is 10.1 Å². The van der Waals surface area contributed by atoms with Crippen LogP contribution in [0.25, 0.3) is 0 Å². The van der Waals surface area contributed by atoms with Crippen LogP contribution in [0.3, 0.4) is 0 Å². The number of esters is 1. The number of hydrogen-bond donors (Lipinski definition) is 1. The van der Waals surface area contributed by atoms with Crippen LogP contribution in [0.15, 0.2) is 70.5 Å². The van der Waals surface area contributed by atoms with Crippen LogP contribution in [0, 0.1) is 0 Å². The van der Waals surface area contributed by atoms with E-state index in [-0.39, 0.29) is 18.1 Å². The zero-order chi connectivity index (χ0) is 19.8. The number of halogens is 1. The normalized spacial score (nSPS) is 10.3. The third kappa shape index (κ3) is 5.68. The van der Waals surface area contributed by atoms with E-state index in [1.807, 2.05) is 41.8 Å². The molecule has 144 valence electrons. The molecule has 0 spiro atoms. The van der Waals surface area contributed by atoms with Crippen molar-refractivity contribution in [1.29, 1.82) is 0 Å². The van der Waals surface area contributed by atoms with Crippen molar-refractivity contribution in [3.63, 3.8) is 0 Å². The van der Waals surface area contributed by atoms with E-state index < -0.39 is 5.97 Å². The number of benzene rings is 2. The quantitative estimate of drug-likeness (QED) is 0.501. The molecule has 1 N–H and O–H groups in total. The predicted molar refractivity (Wildman–Crippen MR) is 111 cm³/mol. The van der Waals surface area contributed by atoms with Gasteiger partial charge in [0, 0.05) is 14.9 Å². The lowest BCUT2D eigenvalue weighted by atomic mass is 10.2. The van der Waals surface area contributed by atoms with Crippen molar-refractivity contribution >= 4 is 39.1 Å². The third-order valence-electron chi connectivity index (χ3n) is 3.82.